The molecule has 5 heteroatoms. The molecule has 1 atom stereocenters. The maximum absolute atomic E-state index is 12.0. The van der Waals surface area contributed by atoms with Crippen molar-refractivity contribution in [2.75, 3.05) is 13.2 Å². The smallest absolute Gasteiger partial charge is 0.223 e. The number of hydrogen-bond donors (Lipinski definition) is 2. The van der Waals surface area contributed by atoms with E-state index in [2.05, 4.69) is 48.1 Å². The summed E-state index contributed by atoms with van der Waals surface area (Å²) in [5, 5.41) is 19.2. The molecule has 0 aromatic carbocycles. The van der Waals surface area contributed by atoms with Crippen LogP contribution >= 0.6 is 0 Å². The molecule has 1 unspecified atom stereocenters. The molecule has 1 aliphatic carbocycles. The van der Waals surface area contributed by atoms with Crippen LogP contribution in [0.4, 0.5) is 0 Å². The van der Waals surface area contributed by atoms with Crippen LogP contribution in [-0.4, -0.2) is 37.5 Å². The molecule has 1 aliphatic rings. The summed E-state index contributed by atoms with van der Waals surface area (Å²) in [6.45, 7) is 17.8. The summed E-state index contributed by atoms with van der Waals surface area (Å²) in [5.41, 5.74) is 2.55. The summed E-state index contributed by atoms with van der Waals surface area (Å²) in [4.78, 5) is 12.0. The van der Waals surface area contributed by atoms with Gasteiger partial charge < -0.3 is 14.6 Å². The Labute approximate surface area is 147 Å². The quantitative estimate of drug-likeness (QED) is 0.472. The van der Waals surface area contributed by atoms with Crippen LogP contribution in [0.15, 0.2) is 23.5 Å². The molecule has 4 nitrogen and oxygen atoms in total. The van der Waals surface area contributed by atoms with E-state index in [1.807, 2.05) is 0 Å². The fourth-order valence-electron chi connectivity index (χ4n) is 4.45. The van der Waals surface area contributed by atoms with Gasteiger partial charge in [0.25, 0.3) is 0 Å². The van der Waals surface area contributed by atoms with Gasteiger partial charge in [-0.2, -0.15) is 0 Å². The first-order valence-electron chi connectivity index (χ1n) is 9.01. The number of aliphatic hydroxyl groups excluding tert-OH is 2. The van der Waals surface area contributed by atoms with Crippen molar-refractivity contribution < 1.29 is 19.4 Å². The number of Topliss-reactive ketones (excluding diaryl/α,β-unsaturated/α-hetero) is 1. The molecule has 0 saturated carbocycles. The van der Waals surface area contributed by atoms with Crippen molar-refractivity contribution in [2.24, 2.45) is 5.92 Å². The van der Waals surface area contributed by atoms with E-state index >= 15 is 0 Å². The van der Waals surface area contributed by atoms with Gasteiger partial charge in [0.15, 0.2) is 14.1 Å². The lowest BCUT2D eigenvalue weighted by Crippen LogP contribution is -2.48. The fourth-order valence-corrected chi connectivity index (χ4v) is 9.92. The molecule has 24 heavy (non-hydrogen) atoms. The van der Waals surface area contributed by atoms with Gasteiger partial charge in [0.05, 0.1) is 0 Å². The number of hydrogen-bond acceptors (Lipinski definition) is 4. The van der Waals surface area contributed by atoms with E-state index in [-0.39, 0.29) is 24.1 Å². The molecule has 0 radical (unpaired) electrons. The molecule has 0 aliphatic heterocycles. The number of carbonyl (C=O) groups is 1. The maximum Gasteiger partial charge on any atom is 0.223 e. The first-order valence-corrected chi connectivity index (χ1v) is 11.1. The third-order valence-corrected chi connectivity index (χ3v) is 11.6. The number of aliphatic hydroxyl groups is 2. The lowest BCUT2D eigenvalue weighted by Gasteiger charge is -2.42. The van der Waals surface area contributed by atoms with Crippen molar-refractivity contribution in [1.82, 2.24) is 0 Å². The van der Waals surface area contributed by atoms with Crippen LogP contribution in [-0.2, 0) is 9.22 Å². The van der Waals surface area contributed by atoms with Gasteiger partial charge in [0.2, 0.25) is 5.78 Å². The first-order chi connectivity index (χ1) is 11.1. The van der Waals surface area contributed by atoms with Gasteiger partial charge in [-0.1, -0.05) is 48.1 Å². The maximum atomic E-state index is 12.0. The average molecular weight is 355 g/mol. The number of rotatable bonds is 9. The Balaban J connectivity index is 2.88. The van der Waals surface area contributed by atoms with Gasteiger partial charge in [0.1, 0.15) is 0 Å². The van der Waals surface area contributed by atoms with Crippen LogP contribution in [0.3, 0.4) is 0 Å². The molecule has 0 heterocycles. The van der Waals surface area contributed by atoms with E-state index in [4.69, 9.17) is 4.43 Å². The number of carbonyl (C=O) groups excluding carboxylic acids is 1. The van der Waals surface area contributed by atoms with Gasteiger partial charge in [-0.25, -0.2) is 0 Å². The molecule has 2 N–H and O–H groups in total. The van der Waals surface area contributed by atoms with E-state index in [1.54, 1.807) is 0 Å². The Bertz CT molecular complexity index is 484. The van der Waals surface area contributed by atoms with Gasteiger partial charge in [-0.05, 0) is 35.0 Å². The Morgan fingerprint density at radius 2 is 1.62 bits per heavy atom. The highest BCUT2D eigenvalue weighted by molar-refractivity contribution is 6.77. The van der Waals surface area contributed by atoms with Crippen LogP contribution in [0.2, 0.25) is 16.6 Å². The minimum absolute atomic E-state index is 0.0834. The molecule has 0 amide bonds. The zero-order valence-electron chi connectivity index (χ0n) is 16.1. The lowest BCUT2D eigenvalue weighted by atomic mass is 9.93. The summed E-state index contributed by atoms with van der Waals surface area (Å²) < 4.78 is 6.54. The fraction of sp³-hybridized carbons (Fsp3) is 0.737. The standard InChI is InChI=1S/C19H34O4Si/c1-12(2)24(13(3)4,14(5)6)23-11-9-16-15(7)18(21)19(22)17(16)8-10-20/h12-14,16,20,22H,7-11H2,1-6H3. The van der Waals surface area contributed by atoms with Gasteiger partial charge in [0, 0.05) is 24.7 Å². The van der Waals surface area contributed by atoms with Gasteiger partial charge >= 0.3 is 0 Å². The summed E-state index contributed by atoms with van der Waals surface area (Å²) in [6, 6.07) is 0. The molecule has 0 saturated heterocycles. The van der Waals surface area contributed by atoms with E-state index in [9.17, 15) is 15.0 Å². The third kappa shape index (κ3) is 3.84. The average Bonchev–Trinajstić information content (AvgIpc) is 2.68. The highest BCUT2D eigenvalue weighted by atomic mass is 28.4. The van der Waals surface area contributed by atoms with E-state index in [0.717, 1.165) is 0 Å². The minimum atomic E-state index is -1.94. The van der Waals surface area contributed by atoms with Crippen molar-refractivity contribution in [3.63, 3.8) is 0 Å². The highest BCUT2D eigenvalue weighted by Crippen LogP contribution is 2.43. The van der Waals surface area contributed by atoms with Crippen LogP contribution in [0.1, 0.15) is 54.4 Å². The molecule has 0 aromatic heterocycles. The van der Waals surface area contributed by atoms with E-state index < -0.39 is 8.32 Å². The second-order valence-electron chi connectivity index (χ2n) is 7.71. The lowest BCUT2D eigenvalue weighted by molar-refractivity contribution is -0.114. The van der Waals surface area contributed by atoms with Crippen LogP contribution < -0.4 is 0 Å². The Hall–Kier alpha value is -0.913. The van der Waals surface area contributed by atoms with Crippen molar-refractivity contribution in [3.05, 3.63) is 23.5 Å². The van der Waals surface area contributed by atoms with Crippen LogP contribution in [0.25, 0.3) is 0 Å². The molecule has 0 fully saturated rings. The molecule has 1 rings (SSSR count). The summed E-state index contributed by atoms with van der Waals surface area (Å²) in [7, 11) is -1.94. The first kappa shape index (κ1) is 21.1. The second kappa shape index (κ2) is 8.45. The molecule has 0 bridgehead atoms. The van der Waals surface area contributed by atoms with Gasteiger partial charge in [-0.3, -0.25) is 4.79 Å². The van der Waals surface area contributed by atoms with Crippen molar-refractivity contribution in [2.45, 2.75) is 71.0 Å². The zero-order valence-corrected chi connectivity index (χ0v) is 17.1. The normalized spacial score (nSPS) is 19.5. The predicted molar refractivity (Wildman–Crippen MR) is 101 cm³/mol. The topological polar surface area (TPSA) is 66.8 Å². The third-order valence-electron chi connectivity index (χ3n) is 5.50. The van der Waals surface area contributed by atoms with Crippen molar-refractivity contribution in [1.29, 1.82) is 0 Å². The highest BCUT2D eigenvalue weighted by Gasteiger charge is 2.45. The summed E-state index contributed by atoms with van der Waals surface area (Å²) in [5.74, 6) is -0.814. The zero-order chi connectivity index (χ0) is 18.7. The monoisotopic (exact) mass is 354 g/mol. The molecular formula is C19H34O4Si. The predicted octanol–water partition coefficient (Wildman–Crippen LogP) is 4.52. The second-order valence-corrected chi connectivity index (χ2v) is 13.2. The Morgan fingerprint density at radius 3 is 2.04 bits per heavy atom. The van der Waals surface area contributed by atoms with Crippen molar-refractivity contribution in [3.8, 4) is 0 Å². The minimum Gasteiger partial charge on any atom is -0.504 e. The molecule has 138 valence electrons. The van der Waals surface area contributed by atoms with Crippen molar-refractivity contribution >= 4 is 14.1 Å². The summed E-state index contributed by atoms with van der Waals surface area (Å²) >= 11 is 0. The van der Waals surface area contributed by atoms with Gasteiger partial charge in [-0.15, -0.1) is 0 Å². The number of allylic oxidation sites excluding steroid dienone is 1. The Kier molecular flexibility index (Phi) is 7.44. The molecule has 0 aromatic rings. The van der Waals surface area contributed by atoms with E-state index in [0.29, 0.717) is 47.2 Å². The van der Waals surface area contributed by atoms with Crippen LogP contribution in [0.5, 0.6) is 0 Å². The van der Waals surface area contributed by atoms with E-state index in [1.165, 1.54) is 0 Å². The molecular weight excluding hydrogens is 320 g/mol. The number of ketones is 1. The largest absolute Gasteiger partial charge is 0.504 e. The SMILES string of the molecule is C=C1C(=O)C(O)=C(CCO)C1CCO[Si](C(C)C)(C(C)C)C(C)C. The van der Waals surface area contributed by atoms with Crippen LogP contribution in [0, 0.1) is 5.92 Å². The Morgan fingerprint density at radius 1 is 1.12 bits per heavy atom. The molecule has 0 spiro atoms. The summed E-state index contributed by atoms with van der Waals surface area (Å²) in [6.07, 6.45) is 0.938.